The molecule has 0 spiro atoms. The minimum absolute atomic E-state index is 0.179. The van der Waals surface area contributed by atoms with Crippen molar-refractivity contribution in [3.63, 3.8) is 0 Å². The first-order valence-electron chi connectivity index (χ1n) is 4.65. The zero-order valence-corrected chi connectivity index (χ0v) is 9.08. The van der Waals surface area contributed by atoms with E-state index in [1.165, 1.54) is 11.8 Å². The lowest BCUT2D eigenvalue weighted by atomic mass is 10.0. The molecule has 2 rings (SSSR count). The number of thiophene rings is 1. The Morgan fingerprint density at radius 3 is 2.93 bits per heavy atom. The van der Waals surface area contributed by atoms with Crippen LogP contribution in [0, 0.1) is 0 Å². The van der Waals surface area contributed by atoms with Gasteiger partial charge in [0.1, 0.15) is 6.04 Å². The Bertz CT molecular complexity index is 376. The first kappa shape index (κ1) is 10.2. The van der Waals surface area contributed by atoms with Gasteiger partial charge in [0.15, 0.2) is 0 Å². The lowest BCUT2D eigenvalue weighted by Crippen LogP contribution is -2.47. The predicted molar refractivity (Wildman–Crippen MR) is 55.7 cm³/mol. The Morgan fingerprint density at radius 1 is 1.60 bits per heavy atom. The summed E-state index contributed by atoms with van der Waals surface area (Å²) in [5.74, 6) is -1.11. The van der Waals surface area contributed by atoms with E-state index in [9.17, 15) is 9.59 Å². The molecule has 1 aliphatic rings. The average molecular weight is 225 g/mol. The normalized spacial score (nSPS) is 19.8. The van der Waals surface area contributed by atoms with Gasteiger partial charge < -0.3 is 10.0 Å². The van der Waals surface area contributed by atoms with Gasteiger partial charge in [0, 0.05) is 18.2 Å². The van der Waals surface area contributed by atoms with Gasteiger partial charge in [-0.05, 0) is 17.0 Å². The van der Waals surface area contributed by atoms with Crippen LogP contribution >= 0.6 is 11.3 Å². The maximum atomic E-state index is 11.3. The molecular weight excluding hydrogens is 214 g/mol. The second kappa shape index (κ2) is 3.66. The Labute approximate surface area is 91.1 Å². The van der Waals surface area contributed by atoms with Crippen molar-refractivity contribution >= 4 is 23.2 Å². The van der Waals surface area contributed by atoms with E-state index in [0.29, 0.717) is 13.0 Å². The summed E-state index contributed by atoms with van der Waals surface area (Å²) < 4.78 is 0. The van der Waals surface area contributed by atoms with E-state index < -0.39 is 12.0 Å². The van der Waals surface area contributed by atoms with Crippen molar-refractivity contribution < 1.29 is 14.7 Å². The first-order valence-corrected chi connectivity index (χ1v) is 5.53. The largest absolute Gasteiger partial charge is 0.480 e. The van der Waals surface area contributed by atoms with E-state index >= 15 is 0 Å². The molecule has 0 saturated heterocycles. The molecule has 5 heteroatoms. The van der Waals surface area contributed by atoms with E-state index in [2.05, 4.69) is 0 Å². The molecule has 1 amide bonds. The number of fused-ring (bicyclic) bond motifs is 1. The quantitative estimate of drug-likeness (QED) is 0.778. The molecule has 1 aliphatic heterocycles. The molecule has 15 heavy (non-hydrogen) atoms. The van der Waals surface area contributed by atoms with Crippen molar-refractivity contribution in [2.75, 3.05) is 0 Å². The number of hydrogen-bond acceptors (Lipinski definition) is 3. The Hall–Kier alpha value is -1.36. The number of carboxylic acid groups (broad SMARTS) is 1. The summed E-state index contributed by atoms with van der Waals surface area (Å²) in [6.07, 6.45) is 0.424. The number of aliphatic carboxylic acids is 1. The molecule has 1 aromatic heterocycles. The summed E-state index contributed by atoms with van der Waals surface area (Å²) in [4.78, 5) is 24.8. The smallest absolute Gasteiger partial charge is 0.326 e. The molecule has 4 nitrogen and oxygen atoms in total. The van der Waals surface area contributed by atoms with E-state index in [-0.39, 0.29) is 5.91 Å². The second-order valence-corrected chi connectivity index (χ2v) is 4.57. The standard InChI is InChI=1S/C10H11NO3S/c1-6(12)11-5-9-7(2-3-15-9)4-8(11)10(13)14/h2-3,8H,4-5H2,1H3,(H,13,14). The summed E-state index contributed by atoms with van der Waals surface area (Å²) in [6.45, 7) is 1.84. The first-order chi connectivity index (χ1) is 7.09. The zero-order chi connectivity index (χ0) is 11.0. The molecule has 0 bridgehead atoms. The highest BCUT2D eigenvalue weighted by Crippen LogP contribution is 2.27. The molecular formula is C10H11NO3S. The summed E-state index contributed by atoms with van der Waals surface area (Å²) in [6, 6.07) is 1.23. The number of rotatable bonds is 1. The van der Waals surface area contributed by atoms with Gasteiger partial charge in [-0.2, -0.15) is 0 Å². The number of nitrogens with zero attached hydrogens (tertiary/aromatic N) is 1. The van der Waals surface area contributed by atoms with Gasteiger partial charge in [-0.1, -0.05) is 0 Å². The molecule has 1 N–H and O–H groups in total. The highest BCUT2D eigenvalue weighted by molar-refractivity contribution is 7.10. The fraction of sp³-hybridized carbons (Fsp3) is 0.400. The molecule has 0 saturated carbocycles. The van der Waals surface area contributed by atoms with Gasteiger partial charge in [0.05, 0.1) is 6.54 Å². The predicted octanol–water partition coefficient (Wildman–Crippen LogP) is 1.11. The van der Waals surface area contributed by atoms with Crippen molar-refractivity contribution in [3.8, 4) is 0 Å². The molecule has 0 aromatic carbocycles. The molecule has 0 fully saturated rings. The monoisotopic (exact) mass is 225 g/mol. The fourth-order valence-electron chi connectivity index (χ4n) is 1.82. The van der Waals surface area contributed by atoms with Gasteiger partial charge >= 0.3 is 5.97 Å². The number of carboxylic acids is 1. The van der Waals surface area contributed by atoms with Crippen LogP contribution < -0.4 is 0 Å². The van der Waals surface area contributed by atoms with Crippen LogP contribution in [0.4, 0.5) is 0 Å². The second-order valence-electron chi connectivity index (χ2n) is 3.57. The van der Waals surface area contributed by atoms with Gasteiger partial charge in [0.25, 0.3) is 0 Å². The Kier molecular flexibility index (Phi) is 2.48. The lowest BCUT2D eigenvalue weighted by molar-refractivity contribution is -0.150. The summed E-state index contributed by atoms with van der Waals surface area (Å²) >= 11 is 1.57. The van der Waals surface area contributed by atoms with Gasteiger partial charge in [0.2, 0.25) is 5.91 Å². The molecule has 0 aliphatic carbocycles. The minimum atomic E-state index is -0.929. The fourth-order valence-corrected chi connectivity index (χ4v) is 2.74. The van der Waals surface area contributed by atoms with Crippen molar-refractivity contribution in [2.24, 2.45) is 0 Å². The van der Waals surface area contributed by atoms with Crippen molar-refractivity contribution in [1.82, 2.24) is 4.90 Å². The molecule has 1 atom stereocenters. The van der Waals surface area contributed by atoms with E-state index in [1.54, 1.807) is 11.3 Å². The molecule has 1 unspecified atom stereocenters. The van der Waals surface area contributed by atoms with Crippen LogP contribution in [0.5, 0.6) is 0 Å². The summed E-state index contributed by atoms with van der Waals surface area (Å²) in [7, 11) is 0. The van der Waals surface area contributed by atoms with Crippen LogP contribution in [-0.2, 0) is 22.6 Å². The topological polar surface area (TPSA) is 57.6 Å². The molecule has 0 radical (unpaired) electrons. The van der Waals surface area contributed by atoms with Crippen LogP contribution in [0.1, 0.15) is 17.4 Å². The van der Waals surface area contributed by atoms with Crippen LogP contribution in [0.15, 0.2) is 11.4 Å². The molecule has 2 heterocycles. The average Bonchev–Trinajstić information content (AvgIpc) is 2.61. The summed E-state index contributed by atoms with van der Waals surface area (Å²) in [5.41, 5.74) is 1.06. The maximum Gasteiger partial charge on any atom is 0.326 e. The third kappa shape index (κ3) is 1.74. The van der Waals surface area contributed by atoms with Crippen LogP contribution in [-0.4, -0.2) is 27.9 Å². The Balaban J connectivity index is 2.33. The highest BCUT2D eigenvalue weighted by Gasteiger charge is 2.33. The number of amides is 1. The number of carbonyl (C=O) groups excluding carboxylic acids is 1. The number of carbonyl (C=O) groups is 2. The SMILES string of the molecule is CC(=O)N1Cc2sccc2CC1C(=O)O. The van der Waals surface area contributed by atoms with Crippen molar-refractivity contribution in [3.05, 3.63) is 21.9 Å². The summed E-state index contributed by atoms with van der Waals surface area (Å²) in [5, 5.41) is 11.0. The van der Waals surface area contributed by atoms with Crippen LogP contribution in [0.2, 0.25) is 0 Å². The zero-order valence-electron chi connectivity index (χ0n) is 8.27. The minimum Gasteiger partial charge on any atom is -0.480 e. The highest BCUT2D eigenvalue weighted by atomic mass is 32.1. The van der Waals surface area contributed by atoms with E-state index in [0.717, 1.165) is 10.4 Å². The van der Waals surface area contributed by atoms with Crippen molar-refractivity contribution in [1.29, 1.82) is 0 Å². The molecule has 1 aromatic rings. The van der Waals surface area contributed by atoms with E-state index in [4.69, 9.17) is 5.11 Å². The van der Waals surface area contributed by atoms with Crippen molar-refractivity contribution in [2.45, 2.75) is 25.9 Å². The Morgan fingerprint density at radius 2 is 2.33 bits per heavy atom. The third-order valence-electron chi connectivity index (χ3n) is 2.63. The van der Waals surface area contributed by atoms with Gasteiger partial charge in [-0.15, -0.1) is 11.3 Å². The van der Waals surface area contributed by atoms with Crippen LogP contribution in [0.25, 0.3) is 0 Å². The van der Waals surface area contributed by atoms with Gasteiger partial charge in [-0.25, -0.2) is 4.79 Å². The van der Waals surface area contributed by atoms with Gasteiger partial charge in [-0.3, -0.25) is 4.79 Å². The maximum absolute atomic E-state index is 11.3. The lowest BCUT2D eigenvalue weighted by Gasteiger charge is -2.31. The van der Waals surface area contributed by atoms with E-state index in [1.807, 2.05) is 11.4 Å². The molecule has 80 valence electrons. The van der Waals surface area contributed by atoms with Crippen LogP contribution in [0.3, 0.4) is 0 Å². The number of hydrogen-bond donors (Lipinski definition) is 1. The third-order valence-corrected chi connectivity index (χ3v) is 3.58.